The van der Waals surface area contributed by atoms with Crippen LogP contribution in [0.5, 0.6) is 0 Å². The van der Waals surface area contributed by atoms with Gasteiger partial charge in [-0.05, 0) is 75.9 Å². The number of anilines is 1. The molecule has 2 aromatic heterocycles. The van der Waals surface area contributed by atoms with E-state index in [2.05, 4.69) is 50.3 Å². The van der Waals surface area contributed by atoms with Gasteiger partial charge in [0.2, 0.25) is 5.91 Å². The van der Waals surface area contributed by atoms with Crippen LogP contribution in [0.3, 0.4) is 0 Å². The lowest BCUT2D eigenvalue weighted by molar-refractivity contribution is -0.127. The molecule has 3 aliphatic heterocycles. The van der Waals surface area contributed by atoms with E-state index in [-0.39, 0.29) is 11.9 Å². The standard InChI is InChI=1S/C30H38N6O/c1-2-29(37)35-18-6-7-26(22-35)36-28-12-15-31-21-27(28)30(32-36)23-8-10-24(11-9-23)34-19-13-25(14-20-34)33-16-4-3-5-17-33/h2,8-12,15,21,25-26H,1,3-7,13-14,16-20,22H2/t26-/m1/s1. The van der Waals surface area contributed by atoms with E-state index >= 15 is 0 Å². The maximum Gasteiger partial charge on any atom is 0.246 e. The first-order valence-electron chi connectivity index (χ1n) is 14.0. The molecule has 0 bridgehead atoms. The minimum absolute atomic E-state index is 0.00129. The molecule has 3 aliphatic rings. The number of rotatable bonds is 5. The van der Waals surface area contributed by atoms with Gasteiger partial charge in [0.1, 0.15) is 5.69 Å². The summed E-state index contributed by atoms with van der Waals surface area (Å²) in [4.78, 5) is 23.8. The summed E-state index contributed by atoms with van der Waals surface area (Å²) in [7, 11) is 0. The van der Waals surface area contributed by atoms with Gasteiger partial charge in [-0.15, -0.1) is 0 Å². The van der Waals surface area contributed by atoms with Crippen molar-refractivity contribution in [2.45, 2.75) is 57.0 Å². The zero-order chi connectivity index (χ0) is 25.2. The third-order valence-electron chi connectivity index (χ3n) is 8.61. The second kappa shape index (κ2) is 10.7. The Balaban J connectivity index is 1.20. The molecular weight excluding hydrogens is 460 g/mol. The number of piperidine rings is 3. The number of likely N-dealkylation sites (tertiary alicyclic amines) is 2. The summed E-state index contributed by atoms with van der Waals surface area (Å²) in [6.45, 7) is 9.95. The molecule has 0 radical (unpaired) electrons. The highest BCUT2D eigenvalue weighted by Crippen LogP contribution is 2.33. The minimum atomic E-state index is -0.00129. The molecule has 1 amide bonds. The highest BCUT2D eigenvalue weighted by Gasteiger charge is 2.28. The fraction of sp³-hybridized carbons (Fsp3) is 0.500. The third kappa shape index (κ3) is 4.89. The van der Waals surface area contributed by atoms with Crippen LogP contribution in [0.4, 0.5) is 5.69 Å². The molecule has 1 atom stereocenters. The summed E-state index contributed by atoms with van der Waals surface area (Å²) in [6.07, 6.45) is 13.8. The van der Waals surface area contributed by atoms with Crippen LogP contribution in [-0.2, 0) is 4.79 Å². The molecule has 3 aromatic rings. The van der Waals surface area contributed by atoms with Crippen molar-refractivity contribution in [2.24, 2.45) is 0 Å². The van der Waals surface area contributed by atoms with Crippen molar-refractivity contribution < 1.29 is 4.79 Å². The Morgan fingerprint density at radius 1 is 0.892 bits per heavy atom. The number of benzene rings is 1. The number of amides is 1. The summed E-state index contributed by atoms with van der Waals surface area (Å²) in [5.41, 5.74) is 4.45. The first-order chi connectivity index (χ1) is 18.2. The van der Waals surface area contributed by atoms with Gasteiger partial charge in [-0.25, -0.2) is 0 Å². The van der Waals surface area contributed by atoms with Crippen molar-refractivity contribution in [3.05, 3.63) is 55.4 Å². The van der Waals surface area contributed by atoms with E-state index in [0.717, 1.165) is 60.7 Å². The topological polar surface area (TPSA) is 57.5 Å². The van der Waals surface area contributed by atoms with Crippen molar-refractivity contribution >= 4 is 22.5 Å². The van der Waals surface area contributed by atoms with Crippen molar-refractivity contribution in [2.75, 3.05) is 44.2 Å². The van der Waals surface area contributed by atoms with Crippen LogP contribution < -0.4 is 4.90 Å². The van der Waals surface area contributed by atoms with Crippen LogP contribution in [0.1, 0.15) is 51.0 Å². The van der Waals surface area contributed by atoms with Crippen LogP contribution in [0, 0.1) is 0 Å². The van der Waals surface area contributed by atoms with E-state index in [1.54, 1.807) is 0 Å². The molecule has 0 spiro atoms. The number of fused-ring (bicyclic) bond motifs is 1. The van der Waals surface area contributed by atoms with Crippen LogP contribution in [0.25, 0.3) is 22.2 Å². The van der Waals surface area contributed by atoms with Gasteiger partial charge in [-0.3, -0.25) is 14.5 Å². The van der Waals surface area contributed by atoms with Gasteiger partial charge in [0.15, 0.2) is 0 Å². The Labute approximate surface area is 219 Å². The number of aromatic nitrogens is 3. The van der Waals surface area contributed by atoms with Gasteiger partial charge in [0, 0.05) is 61.3 Å². The Bertz CT molecular complexity index is 1240. The third-order valence-corrected chi connectivity index (χ3v) is 8.61. The summed E-state index contributed by atoms with van der Waals surface area (Å²) in [5, 5.41) is 6.16. The zero-order valence-electron chi connectivity index (χ0n) is 21.8. The summed E-state index contributed by atoms with van der Waals surface area (Å²) < 4.78 is 2.12. The number of carbonyl (C=O) groups is 1. The molecule has 3 fully saturated rings. The molecule has 37 heavy (non-hydrogen) atoms. The number of pyridine rings is 1. The lowest BCUT2D eigenvalue weighted by Gasteiger charge is -2.41. The van der Waals surface area contributed by atoms with E-state index in [1.165, 1.54) is 57.0 Å². The lowest BCUT2D eigenvalue weighted by Crippen LogP contribution is -2.46. The van der Waals surface area contributed by atoms with Gasteiger partial charge in [-0.2, -0.15) is 5.10 Å². The maximum atomic E-state index is 12.3. The molecular formula is C30H38N6O. The first-order valence-corrected chi connectivity index (χ1v) is 14.0. The predicted molar refractivity (Wildman–Crippen MR) is 149 cm³/mol. The number of nitrogens with zero attached hydrogens (tertiary/aromatic N) is 6. The SMILES string of the molecule is C=CC(=O)N1CCC[C@@H](n2nc(-c3ccc(N4CCC(N5CCCCC5)CC4)cc3)c3cnccc32)C1. The van der Waals surface area contributed by atoms with Crippen LogP contribution in [-0.4, -0.2) is 75.8 Å². The highest BCUT2D eigenvalue weighted by atomic mass is 16.2. The van der Waals surface area contributed by atoms with Crippen molar-refractivity contribution in [1.82, 2.24) is 24.6 Å². The smallest absolute Gasteiger partial charge is 0.246 e. The lowest BCUT2D eigenvalue weighted by atomic mass is 9.99. The quantitative estimate of drug-likeness (QED) is 0.468. The molecule has 194 valence electrons. The number of carbonyl (C=O) groups excluding carboxylic acids is 1. The first kappa shape index (κ1) is 24.2. The Morgan fingerprint density at radius 3 is 2.43 bits per heavy atom. The summed E-state index contributed by atoms with van der Waals surface area (Å²) >= 11 is 0. The highest BCUT2D eigenvalue weighted by molar-refractivity contribution is 5.93. The second-order valence-corrected chi connectivity index (χ2v) is 10.8. The molecule has 3 saturated heterocycles. The largest absolute Gasteiger partial charge is 0.371 e. The van der Waals surface area contributed by atoms with Crippen molar-refractivity contribution in [3.63, 3.8) is 0 Å². The predicted octanol–water partition coefficient (Wildman–Crippen LogP) is 4.90. The fourth-order valence-corrected chi connectivity index (χ4v) is 6.56. The minimum Gasteiger partial charge on any atom is -0.371 e. The van der Waals surface area contributed by atoms with E-state index in [0.29, 0.717) is 6.54 Å². The van der Waals surface area contributed by atoms with Gasteiger partial charge in [0.05, 0.1) is 11.6 Å². The molecule has 7 heteroatoms. The summed E-state index contributed by atoms with van der Waals surface area (Å²) in [5.74, 6) is -0.00129. The van der Waals surface area contributed by atoms with E-state index in [1.807, 2.05) is 23.4 Å². The van der Waals surface area contributed by atoms with Crippen LogP contribution in [0.15, 0.2) is 55.4 Å². The second-order valence-electron chi connectivity index (χ2n) is 10.8. The van der Waals surface area contributed by atoms with Gasteiger partial charge in [0.25, 0.3) is 0 Å². The Hall–Kier alpha value is -3.19. The Morgan fingerprint density at radius 2 is 1.68 bits per heavy atom. The summed E-state index contributed by atoms with van der Waals surface area (Å²) in [6, 6.07) is 11.9. The molecule has 1 aromatic carbocycles. The molecule has 0 N–H and O–H groups in total. The molecule has 0 saturated carbocycles. The molecule has 7 nitrogen and oxygen atoms in total. The molecule has 0 unspecified atom stereocenters. The van der Waals surface area contributed by atoms with Gasteiger partial charge >= 0.3 is 0 Å². The molecule has 0 aliphatic carbocycles. The van der Waals surface area contributed by atoms with Gasteiger partial charge in [-0.1, -0.05) is 25.1 Å². The monoisotopic (exact) mass is 498 g/mol. The average molecular weight is 499 g/mol. The number of hydrogen-bond acceptors (Lipinski definition) is 5. The fourth-order valence-electron chi connectivity index (χ4n) is 6.56. The Kier molecular flexibility index (Phi) is 6.96. The van der Waals surface area contributed by atoms with Gasteiger partial charge < -0.3 is 14.7 Å². The van der Waals surface area contributed by atoms with Crippen LogP contribution in [0.2, 0.25) is 0 Å². The van der Waals surface area contributed by atoms with E-state index < -0.39 is 0 Å². The van der Waals surface area contributed by atoms with Crippen molar-refractivity contribution in [3.8, 4) is 11.3 Å². The average Bonchev–Trinajstić information content (AvgIpc) is 3.37. The van der Waals surface area contributed by atoms with E-state index in [9.17, 15) is 4.79 Å². The maximum absolute atomic E-state index is 12.3. The normalized spacial score (nSPS) is 21.9. The number of hydrogen-bond donors (Lipinski definition) is 0. The van der Waals surface area contributed by atoms with Crippen LogP contribution >= 0.6 is 0 Å². The molecule has 5 heterocycles. The molecule has 6 rings (SSSR count). The zero-order valence-corrected chi connectivity index (χ0v) is 21.8. The van der Waals surface area contributed by atoms with E-state index in [4.69, 9.17) is 5.10 Å². The van der Waals surface area contributed by atoms with Crippen molar-refractivity contribution in [1.29, 1.82) is 0 Å².